The number of hydrogen-bond donors (Lipinski definition) is 1. The summed E-state index contributed by atoms with van der Waals surface area (Å²) in [5.74, 6) is -0.173. The Hall–Kier alpha value is -1.39. The van der Waals surface area contributed by atoms with Crippen molar-refractivity contribution in [2.45, 2.75) is 78.3 Å². The van der Waals surface area contributed by atoms with Crippen LogP contribution in [0.25, 0.3) is 0 Å². The van der Waals surface area contributed by atoms with Crippen molar-refractivity contribution in [3.63, 3.8) is 0 Å². The number of aliphatic hydroxyl groups is 1. The van der Waals surface area contributed by atoms with Gasteiger partial charge >= 0.3 is 5.97 Å². The van der Waals surface area contributed by atoms with E-state index < -0.39 is 0 Å². The molecule has 0 radical (unpaired) electrons. The maximum atomic E-state index is 11.5. The normalized spacial score (nSPS) is 27.5. The number of carbonyl (C=O) groups is 1. The van der Waals surface area contributed by atoms with Crippen LogP contribution in [0.3, 0.4) is 0 Å². The number of esters is 1. The van der Waals surface area contributed by atoms with Crippen molar-refractivity contribution in [2.75, 3.05) is 0 Å². The number of aliphatic hydroxyl groups excluding tert-OH is 1. The zero-order chi connectivity index (χ0) is 17.7. The summed E-state index contributed by atoms with van der Waals surface area (Å²) >= 11 is 0. The smallest absolute Gasteiger partial charge is 0.314 e. The maximum Gasteiger partial charge on any atom is 0.314 e. The summed E-state index contributed by atoms with van der Waals surface area (Å²) in [5, 5.41) is 9.89. The molecule has 0 aromatic rings. The quantitative estimate of drug-likeness (QED) is 0.392. The highest BCUT2D eigenvalue weighted by molar-refractivity contribution is 5.76. The van der Waals surface area contributed by atoms with Gasteiger partial charge in [-0.05, 0) is 59.8 Å². The lowest BCUT2D eigenvalue weighted by Gasteiger charge is -2.08. The van der Waals surface area contributed by atoms with Crippen molar-refractivity contribution in [2.24, 2.45) is 5.92 Å². The molecule has 0 amide bonds. The highest BCUT2D eigenvalue weighted by atomic mass is 16.8. The van der Waals surface area contributed by atoms with Gasteiger partial charge in [-0.25, -0.2) is 0 Å². The Balaban J connectivity index is 1.64. The molecular formula is C20H30O4. The Morgan fingerprint density at radius 3 is 2.50 bits per heavy atom. The van der Waals surface area contributed by atoms with E-state index in [9.17, 15) is 9.90 Å². The Morgan fingerprint density at radius 1 is 1.17 bits per heavy atom. The fraction of sp³-hybridized carbons (Fsp3) is 0.650. The summed E-state index contributed by atoms with van der Waals surface area (Å²) in [6.07, 6.45) is 10.1. The topological polar surface area (TPSA) is 59.1 Å². The van der Waals surface area contributed by atoms with Gasteiger partial charge < -0.3 is 14.6 Å². The number of carbonyl (C=O) groups excluding carboxylic acids is 1. The molecule has 134 valence electrons. The fourth-order valence-corrected chi connectivity index (χ4v) is 3.12. The van der Waals surface area contributed by atoms with Gasteiger partial charge in [0.15, 0.2) is 0 Å². The molecule has 0 bridgehead atoms. The van der Waals surface area contributed by atoms with E-state index in [4.69, 9.17) is 9.47 Å². The largest absolute Gasteiger partial charge is 0.433 e. The van der Waals surface area contributed by atoms with Crippen LogP contribution < -0.4 is 0 Å². The van der Waals surface area contributed by atoms with Crippen LogP contribution in [0.15, 0.2) is 34.9 Å². The third kappa shape index (κ3) is 5.91. The molecule has 0 saturated carbocycles. The average Bonchev–Trinajstić information content (AvgIpc) is 3.14. The van der Waals surface area contributed by atoms with Crippen LogP contribution in [0.2, 0.25) is 0 Å². The first-order valence-corrected chi connectivity index (χ1v) is 8.87. The fourth-order valence-electron chi connectivity index (χ4n) is 3.12. The molecule has 4 heteroatoms. The second-order valence-electron chi connectivity index (χ2n) is 7.24. The summed E-state index contributed by atoms with van der Waals surface area (Å²) in [5.41, 5.74) is 3.70. The van der Waals surface area contributed by atoms with Crippen LogP contribution in [0.1, 0.15) is 59.8 Å². The van der Waals surface area contributed by atoms with Crippen LogP contribution in [0.5, 0.6) is 0 Å². The average molecular weight is 334 g/mol. The summed E-state index contributed by atoms with van der Waals surface area (Å²) in [6, 6.07) is 0. The van der Waals surface area contributed by atoms with E-state index in [1.54, 1.807) is 0 Å². The van der Waals surface area contributed by atoms with E-state index in [0.29, 0.717) is 6.42 Å². The van der Waals surface area contributed by atoms with Crippen molar-refractivity contribution in [1.82, 2.24) is 0 Å². The lowest BCUT2D eigenvalue weighted by atomic mass is 9.99. The highest BCUT2D eigenvalue weighted by Gasteiger charge is 2.57. The van der Waals surface area contributed by atoms with Crippen molar-refractivity contribution in [3.8, 4) is 0 Å². The number of hydrogen-bond acceptors (Lipinski definition) is 4. The van der Waals surface area contributed by atoms with Gasteiger partial charge in [-0.2, -0.15) is 0 Å². The predicted molar refractivity (Wildman–Crippen MR) is 94.3 cm³/mol. The summed E-state index contributed by atoms with van der Waals surface area (Å²) in [7, 11) is 0. The van der Waals surface area contributed by atoms with Crippen LogP contribution >= 0.6 is 0 Å². The lowest BCUT2D eigenvalue weighted by Crippen LogP contribution is -2.15. The van der Waals surface area contributed by atoms with E-state index in [0.717, 1.165) is 31.3 Å². The molecule has 4 nitrogen and oxygen atoms in total. The van der Waals surface area contributed by atoms with E-state index in [2.05, 4.69) is 26.0 Å². The molecule has 2 aliphatic rings. The molecule has 0 aromatic carbocycles. The molecule has 2 fully saturated rings. The zero-order valence-electron chi connectivity index (χ0n) is 15.2. The minimum Gasteiger partial charge on any atom is -0.433 e. The Labute approximate surface area is 145 Å². The van der Waals surface area contributed by atoms with E-state index >= 15 is 0 Å². The van der Waals surface area contributed by atoms with Gasteiger partial charge in [-0.15, -0.1) is 0 Å². The third-order valence-corrected chi connectivity index (χ3v) is 4.47. The predicted octanol–water partition coefficient (Wildman–Crippen LogP) is 4.05. The van der Waals surface area contributed by atoms with Crippen molar-refractivity contribution >= 4 is 5.97 Å². The molecule has 2 heterocycles. The molecule has 24 heavy (non-hydrogen) atoms. The number of allylic oxidation sites excluding steroid dienone is 4. The molecule has 2 saturated heterocycles. The molecule has 4 unspecified atom stereocenters. The van der Waals surface area contributed by atoms with Gasteiger partial charge in [-0.1, -0.05) is 34.9 Å². The van der Waals surface area contributed by atoms with Crippen molar-refractivity contribution < 1.29 is 19.4 Å². The second-order valence-corrected chi connectivity index (χ2v) is 7.24. The van der Waals surface area contributed by atoms with Crippen LogP contribution in [-0.4, -0.2) is 29.6 Å². The van der Waals surface area contributed by atoms with Gasteiger partial charge in [0.2, 0.25) is 6.29 Å². The van der Waals surface area contributed by atoms with Gasteiger partial charge in [-0.3, -0.25) is 4.79 Å². The van der Waals surface area contributed by atoms with Crippen molar-refractivity contribution in [3.05, 3.63) is 34.9 Å². The van der Waals surface area contributed by atoms with Crippen molar-refractivity contribution in [1.29, 1.82) is 0 Å². The third-order valence-electron chi connectivity index (χ3n) is 4.47. The zero-order valence-corrected chi connectivity index (χ0v) is 15.2. The molecule has 0 spiro atoms. The minimum atomic E-state index is -0.387. The first kappa shape index (κ1) is 18.9. The maximum absolute atomic E-state index is 11.5. The van der Waals surface area contributed by atoms with Gasteiger partial charge in [0.05, 0.1) is 12.0 Å². The summed E-state index contributed by atoms with van der Waals surface area (Å²) in [6.45, 7) is 8.19. The Morgan fingerprint density at radius 2 is 1.88 bits per heavy atom. The number of epoxide rings is 1. The van der Waals surface area contributed by atoms with Crippen LogP contribution in [0, 0.1) is 5.92 Å². The molecule has 4 atom stereocenters. The number of rotatable bonds is 9. The SMILES string of the molecule is CC(C)=CC(O)C/C(C)=C/CC/C(C)=C/CCC1C(=O)OC2OC21. The van der Waals surface area contributed by atoms with E-state index in [-0.39, 0.29) is 30.4 Å². The van der Waals surface area contributed by atoms with Crippen LogP contribution in [0.4, 0.5) is 0 Å². The Bertz CT molecular complexity index is 540. The second kappa shape index (κ2) is 8.63. The minimum absolute atomic E-state index is 0.0176. The molecule has 0 aromatic heterocycles. The lowest BCUT2D eigenvalue weighted by molar-refractivity contribution is -0.151. The van der Waals surface area contributed by atoms with Gasteiger partial charge in [0.1, 0.15) is 6.10 Å². The molecule has 0 aliphatic carbocycles. The molecule has 2 rings (SSSR count). The van der Waals surface area contributed by atoms with E-state index in [1.165, 1.54) is 11.1 Å². The van der Waals surface area contributed by atoms with Gasteiger partial charge in [0.25, 0.3) is 0 Å². The number of ether oxygens (including phenoxy) is 2. The molecule has 2 aliphatic heterocycles. The summed E-state index contributed by atoms with van der Waals surface area (Å²) in [4.78, 5) is 11.5. The molecule has 1 N–H and O–H groups in total. The summed E-state index contributed by atoms with van der Waals surface area (Å²) < 4.78 is 10.3. The number of fused-ring (bicyclic) bond motifs is 1. The first-order chi connectivity index (χ1) is 11.4. The highest BCUT2D eigenvalue weighted by Crippen LogP contribution is 2.40. The molecular weight excluding hydrogens is 304 g/mol. The van der Waals surface area contributed by atoms with Gasteiger partial charge in [0, 0.05) is 0 Å². The monoisotopic (exact) mass is 334 g/mol. The van der Waals surface area contributed by atoms with E-state index in [1.807, 2.05) is 19.9 Å². The Kier molecular flexibility index (Phi) is 6.81. The standard InChI is InChI=1S/C20H30O4/c1-13(2)11-16(21)12-15(4)9-5-7-14(3)8-6-10-17-18-20(23-18)24-19(17)22/h8-9,11,16-18,20-21H,5-7,10,12H2,1-4H3/b14-8+,15-9+. The van der Waals surface area contributed by atoms with Crippen LogP contribution in [-0.2, 0) is 14.3 Å². The first-order valence-electron chi connectivity index (χ1n) is 8.87.